The van der Waals surface area contributed by atoms with Gasteiger partial charge in [0.15, 0.2) is 5.79 Å². The zero-order valence-corrected chi connectivity index (χ0v) is 21.7. The average molecular weight is 568 g/mol. The molecule has 0 bridgehead atoms. The molecule has 1 atom stereocenters. The van der Waals surface area contributed by atoms with E-state index in [1.807, 2.05) is 0 Å². The number of alkyl halides is 6. The van der Waals surface area contributed by atoms with E-state index in [0.717, 1.165) is 55.3 Å². The van der Waals surface area contributed by atoms with Gasteiger partial charge in [-0.1, -0.05) is 32.1 Å². The molecule has 1 unspecified atom stereocenters. The van der Waals surface area contributed by atoms with Crippen LogP contribution in [0.1, 0.15) is 62.6 Å². The normalized spacial score (nSPS) is 22.8. The third-order valence-electron chi connectivity index (χ3n) is 7.63. The number of nitrogens with two attached hydrogens (primary N) is 1. The van der Waals surface area contributed by atoms with E-state index in [0.29, 0.717) is 36.7 Å². The fourth-order valence-corrected chi connectivity index (χ4v) is 5.75. The number of halogens is 6. The van der Waals surface area contributed by atoms with Crippen LogP contribution in [0.25, 0.3) is 0 Å². The Kier molecular flexibility index (Phi) is 7.68. The maximum atomic E-state index is 13.7. The van der Waals surface area contributed by atoms with Crippen LogP contribution in [0.15, 0.2) is 52.9 Å². The molecular weight excluding hydrogens is 536 g/mol. The van der Waals surface area contributed by atoms with Crippen molar-refractivity contribution in [3.05, 3.63) is 59.2 Å². The lowest BCUT2D eigenvalue weighted by Crippen LogP contribution is -2.56. The summed E-state index contributed by atoms with van der Waals surface area (Å²) in [4.78, 5) is 14.0. The number of rotatable bonds is 4. The molecule has 0 saturated heterocycles. The molecule has 0 aromatic carbocycles. The molecule has 2 aromatic heterocycles. The van der Waals surface area contributed by atoms with Gasteiger partial charge < -0.3 is 15.5 Å². The van der Waals surface area contributed by atoms with Crippen molar-refractivity contribution in [2.45, 2.75) is 69.5 Å². The number of hydrogen-bond acceptors (Lipinski definition) is 7. The quantitative estimate of drug-likeness (QED) is 0.389. The summed E-state index contributed by atoms with van der Waals surface area (Å²) in [6.45, 7) is 0.493. The molecule has 3 aliphatic rings. The first-order valence-corrected chi connectivity index (χ1v) is 13.4. The summed E-state index contributed by atoms with van der Waals surface area (Å²) >= 11 is 0. The molecule has 4 heterocycles. The van der Waals surface area contributed by atoms with Crippen molar-refractivity contribution in [1.29, 1.82) is 0 Å². The van der Waals surface area contributed by atoms with Crippen LogP contribution >= 0.6 is 0 Å². The summed E-state index contributed by atoms with van der Waals surface area (Å²) in [5, 5.41) is 6.47. The van der Waals surface area contributed by atoms with Gasteiger partial charge in [0.2, 0.25) is 0 Å². The van der Waals surface area contributed by atoms with Crippen LogP contribution < -0.4 is 21.3 Å². The summed E-state index contributed by atoms with van der Waals surface area (Å²) in [6, 6.07) is 4.42. The third-order valence-corrected chi connectivity index (χ3v) is 7.63. The maximum Gasteiger partial charge on any atom is 0.433 e. The molecule has 1 aliphatic carbocycles. The van der Waals surface area contributed by atoms with Crippen LogP contribution in [-0.2, 0) is 12.4 Å². The van der Waals surface area contributed by atoms with E-state index in [2.05, 4.69) is 20.6 Å². The molecule has 4 N–H and O–H groups in total. The van der Waals surface area contributed by atoms with Crippen molar-refractivity contribution in [3.8, 4) is 0 Å². The number of anilines is 2. The Morgan fingerprint density at radius 3 is 2.40 bits per heavy atom. The Morgan fingerprint density at radius 2 is 1.73 bits per heavy atom. The van der Waals surface area contributed by atoms with Gasteiger partial charge in [-0.25, -0.2) is 15.0 Å². The summed E-state index contributed by atoms with van der Waals surface area (Å²) < 4.78 is 80.2. The molecule has 7 nitrogen and oxygen atoms in total. The lowest BCUT2D eigenvalue weighted by atomic mass is 9.84. The van der Waals surface area contributed by atoms with Crippen molar-refractivity contribution in [3.63, 3.8) is 0 Å². The van der Waals surface area contributed by atoms with E-state index < -0.39 is 29.4 Å². The number of nitrogens with one attached hydrogen (secondary N) is 2. The first-order valence-electron chi connectivity index (χ1n) is 13.4. The lowest BCUT2D eigenvalue weighted by Gasteiger charge is -2.38. The number of aliphatic imine (C=N–C) groups is 1. The van der Waals surface area contributed by atoms with Crippen LogP contribution in [0, 0.1) is 5.92 Å². The summed E-state index contributed by atoms with van der Waals surface area (Å²) in [7, 11) is 0. The van der Waals surface area contributed by atoms with Gasteiger partial charge in [-0.2, -0.15) is 26.3 Å². The second kappa shape index (κ2) is 10.9. The predicted molar refractivity (Wildman–Crippen MR) is 139 cm³/mol. The highest BCUT2D eigenvalue weighted by atomic mass is 19.4. The molecule has 1 fully saturated rings. The number of hydrogen-bond donors (Lipinski definition) is 3. The first kappa shape index (κ1) is 28.2. The molecule has 2 aliphatic heterocycles. The summed E-state index contributed by atoms with van der Waals surface area (Å²) in [5.41, 5.74) is 6.73. The van der Waals surface area contributed by atoms with Crippen LogP contribution in [0.5, 0.6) is 0 Å². The average Bonchev–Trinajstić information content (AvgIpc) is 3.11. The van der Waals surface area contributed by atoms with E-state index >= 15 is 0 Å². The van der Waals surface area contributed by atoms with Crippen LogP contribution in [-0.4, -0.2) is 34.7 Å². The van der Waals surface area contributed by atoms with Gasteiger partial charge in [0.1, 0.15) is 17.3 Å². The second-order valence-electron chi connectivity index (χ2n) is 10.6. The minimum atomic E-state index is -4.57. The SMILES string of the molecule is NC1(CC2CCCCC2)N=C(Nc2ccc(C(F)(F)F)nc2)C2=C(CCN(c3ncccc3C(F)(F)F)CC2)N1. The van der Waals surface area contributed by atoms with Crippen LogP contribution in [0.4, 0.5) is 37.8 Å². The van der Waals surface area contributed by atoms with Gasteiger partial charge in [0, 0.05) is 43.4 Å². The largest absolute Gasteiger partial charge is 0.433 e. The molecule has 0 amide bonds. The monoisotopic (exact) mass is 567 g/mol. The Labute approximate surface area is 228 Å². The molecule has 13 heteroatoms. The predicted octanol–water partition coefficient (Wildman–Crippen LogP) is 6.07. The van der Waals surface area contributed by atoms with Gasteiger partial charge in [-0.15, -0.1) is 0 Å². The highest BCUT2D eigenvalue weighted by molar-refractivity contribution is 6.09. The highest BCUT2D eigenvalue weighted by Crippen LogP contribution is 2.38. The van der Waals surface area contributed by atoms with E-state index in [1.165, 1.54) is 24.8 Å². The van der Waals surface area contributed by atoms with Crippen molar-refractivity contribution in [2.24, 2.45) is 16.6 Å². The molecule has 5 rings (SSSR count). The van der Waals surface area contributed by atoms with Gasteiger partial charge >= 0.3 is 12.4 Å². The van der Waals surface area contributed by atoms with Crippen molar-refractivity contribution < 1.29 is 26.3 Å². The smallest absolute Gasteiger partial charge is 0.355 e. The molecule has 0 radical (unpaired) electrons. The van der Waals surface area contributed by atoms with Gasteiger partial charge in [-0.3, -0.25) is 5.73 Å². The molecule has 40 heavy (non-hydrogen) atoms. The minimum Gasteiger partial charge on any atom is -0.355 e. The number of pyridine rings is 2. The zero-order valence-electron chi connectivity index (χ0n) is 21.7. The fraction of sp³-hybridized carbons (Fsp3) is 0.519. The number of amidine groups is 1. The molecule has 2 aromatic rings. The first-order chi connectivity index (χ1) is 18.9. The van der Waals surface area contributed by atoms with E-state index in [1.54, 1.807) is 4.90 Å². The van der Waals surface area contributed by atoms with Crippen molar-refractivity contribution in [1.82, 2.24) is 15.3 Å². The third kappa shape index (κ3) is 6.34. The van der Waals surface area contributed by atoms with Crippen molar-refractivity contribution in [2.75, 3.05) is 23.3 Å². The molecule has 0 spiro atoms. The van der Waals surface area contributed by atoms with E-state index in [9.17, 15) is 26.3 Å². The van der Waals surface area contributed by atoms with E-state index in [-0.39, 0.29) is 18.9 Å². The topological polar surface area (TPSA) is 91.5 Å². The molecule has 216 valence electrons. The molecular formula is C27H31F6N7. The van der Waals surface area contributed by atoms with Gasteiger partial charge in [0.25, 0.3) is 0 Å². The second-order valence-corrected chi connectivity index (χ2v) is 10.6. The maximum absolute atomic E-state index is 13.7. The van der Waals surface area contributed by atoms with Crippen LogP contribution in [0.3, 0.4) is 0 Å². The highest BCUT2D eigenvalue weighted by Gasteiger charge is 2.39. The Hall–Kier alpha value is -3.35. The number of aromatic nitrogens is 2. The van der Waals surface area contributed by atoms with E-state index in [4.69, 9.17) is 10.7 Å². The van der Waals surface area contributed by atoms with Gasteiger partial charge in [0.05, 0.1) is 17.4 Å². The fourth-order valence-electron chi connectivity index (χ4n) is 5.75. The summed E-state index contributed by atoms with van der Waals surface area (Å²) in [6.07, 6.45) is -0.0174. The standard InChI is InChI=1S/C27H31F6N7/c28-26(29,30)20-7-4-12-35-24(20)40-13-10-19-21(11-14-40)38-25(34,15-17-5-2-1-3-6-17)39-23(19)37-18-8-9-22(36-16-18)27(31,32)33/h4,7-9,12,16-17,38H,1-3,5-6,10-11,13-15,34H2,(H,37,39). The Morgan fingerprint density at radius 1 is 0.975 bits per heavy atom. The zero-order chi connectivity index (χ0) is 28.5. The Bertz CT molecular complexity index is 1270. The van der Waals surface area contributed by atoms with Crippen LogP contribution in [0.2, 0.25) is 0 Å². The lowest BCUT2D eigenvalue weighted by molar-refractivity contribution is -0.141. The molecule has 1 saturated carbocycles. The van der Waals surface area contributed by atoms with Gasteiger partial charge in [-0.05, 0) is 36.6 Å². The minimum absolute atomic E-state index is 0.144. The van der Waals surface area contributed by atoms with Crippen molar-refractivity contribution >= 4 is 17.3 Å². The summed E-state index contributed by atoms with van der Waals surface area (Å²) in [5.74, 6) is -0.571. The Balaban J connectivity index is 1.43. The number of nitrogens with zero attached hydrogens (tertiary/aromatic N) is 4.